The summed E-state index contributed by atoms with van der Waals surface area (Å²) in [5.74, 6) is 0.273. The predicted molar refractivity (Wildman–Crippen MR) is 94.1 cm³/mol. The molecular weight excluding hydrogens is 342 g/mol. The number of carbonyl (C=O) groups excluding carboxylic acids is 1. The summed E-state index contributed by atoms with van der Waals surface area (Å²) in [5.41, 5.74) is 2.55. The summed E-state index contributed by atoms with van der Waals surface area (Å²) in [4.78, 5) is 21.0. The van der Waals surface area contributed by atoms with Gasteiger partial charge in [0.1, 0.15) is 0 Å². The Balaban J connectivity index is 1.44. The van der Waals surface area contributed by atoms with Crippen molar-refractivity contribution in [3.63, 3.8) is 0 Å². The van der Waals surface area contributed by atoms with Crippen molar-refractivity contribution >= 4 is 23.2 Å². The molecule has 0 aliphatic carbocycles. The Bertz CT molecular complexity index is 751. The van der Waals surface area contributed by atoms with Gasteiger partial charge in [-0.3, -0.25) is 14.9 Å². The predicted octanol–water partition coefficient (Wildman–Crippen LogP) is 1.92. The molecule has 1 N–H and O–H groups in total. The lowest BCUT2D eigenvalue weighted by Gasteiger charge is -2.36. The molecule has 4 rings (SSSR count). The van der Waals surface area contributed by atoms with Crippen LogP contribution in [0.1, 0.15) is 28.4 Å². The lowest BCUT2D eigenvalue weighted by atomic mass is 10.0. The van der Waals surface area contributed by atoms with Gasteiger partial charge in [0.05, 0.1) is 34.8 Å². The lowest BCUT2D eigenvalue weighted by molar-refractivity contribution is 0.0745. The van der Waals surface area contributed by atoms with Crippen LogP contribution in [0.4, 0.5) is 5.69 Å². The minimum atomic E-state index is 0.0381. The fourth-order valence-electron chi connectivity index (χ4n) is 3.49. The summed E-state index contributed by atoms with van der Waals surface area (Å²) in [6.45, 7) is 4.19. The van der Waals surface area contributed by atoms with Crippen molar-refractivity contribution in [2.75, 3.05) is 44.3 Å². The van der Waals surface area contributed by atoms with E-state index in [9.17, 15) is 4.79 Å². The second-order valence-electron chi connectivity index (χ2n) is 6.36. The van der Waals surface area contributed by atoms with Gasteiger partial charge in [-0.1, -0.05) is 11.6 Å². The first-order valence-corrected chi connectivity index (χ1v) is 8.86. The van der Waals surface area contributed by atoms with Crippen LogP contribution in [0.5, 0.6) is 0 Å². The third kappa shape index (κ3) is 3.21. The first-order valence-electron chi connectivity index (χ1n) is 8.49. The van der Waals surface area contributed by atoms with E-state index < -0.39 is 0 Å². The largest absolute Gasteiger partial charge is 0.381 e. The van der Waals surface area contributed by atoms with Crippen molar-refractivity contribution in [3.8, 4) is 0 Å². The van der Waals surface area contributed by atoms with Crippen LogP contribution in [0.15, 0.2) is 24.7 Å². The van der Waals surface area contributed by atoms with Crippen molar-refractivity contribution < 1.29 is 9.53 Å². The maximum atomic E-state index is 12.9. The number of piperazine rings is 1. The monoisotopic (exact) mass is 361 g/mol. The number of hydrogen-bond acceptors (Lipinski definition) is 5. The molecule has 25 heavy (non-hydrogen) atoms. The number of aromatic amines is 1. The Morgan fingerprint density at radius 2 is 2.12 bits per heavy atom. The molecule has 2 saturated heterocycles. The molecule has 1 atom stereocenters. The summed E-state index contributed by atoms with van der Waals surface area (Å²) in [6, 6.07) is 1.91. The first-order chi connectivity index (χ1) is 12.2. The van der Waals surface area contributed by atoms with E-state index in [1.807, 2.05) is 11.0 Å². The molecule has 0 bridgehead atoms. The molecule has 2 fully saturated rings. The molecule has 0 aromatic carbocycles. The van der Waals surface area contributed by atoms with E-state index >= 15 is 0 Å². The normalized spacial score (nSPS) is 20.9. The van der Waals surface area contributed by atoms with Crippen LogP contribution in [0.2, 0.25) is 5.02 Å². The SMILES string of the molecule is O=C(c1cn[nH]c1C1CCOC1)N1CCN(c2ccncc2Cl)CC1. The number of carbonyl (C=O) groups is 1. The van der Waals surface area contributed by atoms with Crippen molar-refractivity contribution in [1.82, 2.24) is 20.1 Å². The molecule has 0 spiro atoms. The highest BCUT2D eigenvalue weighted by Gasteiger charge is 2.29. The molecule has 2 aliphatic heterocycles. The van der Waals surface area contributed by atoms with Crippen LogP contribution in [0.25, 0.3) is 0 Å². The minimum Gasteiger partial charge on any atom is -0.381 e. The average molecular weight is 362 g/mol. The molecule has 1 unspecified atom stereocenters. The second kappa shape index (κ2) is 7.01. The summed E-state index contributed by atoms with van der Waals surface area (Å²) in [6.07, 6.45) is 5.95. The van der Waals surface area contributed by atoms with Crippen LogP contribution in [0, 0.1) is 0 Å². The van der Waals surface area contributed by atoms with Gasteiger partial charge in [0.25, 0.3) is 5.91 Å². The average Bonchev–Trinajstić information content (AvgIpc) is 3.33. The van der Waals surface area contributed by atoms with Gasteiger partial charge < -0.3 is 14.5 Å². The minimum absolute atomic E-state index is 0.0381. The topological polar surface area (TPSA) is 74.4 Å². The molecule has 0 saturated carbocycles. The highest BCUT2D eigenvalue weighted by Crippen LogP contribution is 2.28. The van der Waals surface area contributed by atoms with Crippen LogP contribution in [-0.4, -0.2) is 65.4 Å². The maximum Gasteiger partial charge on any atom is 0.257 e. The number of amides is 1. The Hall–Kier alpha value is -2.12. The van der Waals surface area contributed by atoms with E-state index in [-0.39, 0.29) is 11.8 Å². The smallest absolute Gasteiger partial charge is 0.257 e. The van der Waals surface area contributed by atoms with Gasteiger partial charge in [0.15, 0.2) is 0 Å². The number of rotatable bonds is 3. The second-order valence-corrected chi connectivity index (χ2v) is 6.77. The van der Waals surface area contributed by atoms with Gasteiger partial charge in [-0.25, -0.2) is 0 Å². The van der Waals surface area contributed by atoms with E-state index in [1.54, 1.807) is 18.6 Å². The van der Waals surface area contributed by atoms with Crippen LogP contribution >= 0.6 is 11.6 Å². The Kier molecular flexibility index (Phi) is 4.59. The number of ether oxygens (including phenoxy) is 1. The molecule has 2 aromatic heterocycles. The lowest BCUT2D eigenvalue weighted by Crippen LogP contribution is -2.49. The van der Waals surface area contributed by atoms with Gasteiger partial charge in [0.2, 0.25) is 0 Å². The molecular formula is C17H20ClN5O2. The number of H-pyrrole nitrogens is 1. The highest BCUT2D eigenvalue weighted by atomic mass is 35.5. The zero-order valence-electron chi connectivity index (χ0n) is 13.8. The van der Waals surface area contributed by atoms with Crippen LogP contribution < -0.4 is 4.90 Å². The molecule has 0 radical (unpaired) electrons. The number of nitrogens with zero attached hydrogens (tertiary/aromatic N) is 4. The summed E-state index contributed by atoms with van der Waals surface area (Å²) >= 11 is 6.22. The number of halogens is 1. The fraction of sp³-hybridized carbons (Fsp3) is 0.471. The fourth-order valence-corrected chi connectivity index (χ4v) is 3.72. The van der Waals surface area contributed by atoms with Gasteiger partial charge in [0, 0.05) is 51.1 Å². The van der Waals surface area contributed by atoms with Gasteiger partial charge in [-0.2, -0.15) is 5.10 Å². The van der Waals surface area contributed by atoms with Gasteiger partial charge >= 0.3 is 0 Å². The van der Waals surface area contributed by atoms with Crippen molar-refractivity contribution in [2.45, 2.75) is 12.3 Å². The van der Waals surface area contributed by atoms with Gasteiger partial charge in [-0.15, -0.1) is 0 Å². The van der Waals surface area contributed by atoms with E-state index in [1.165, 1.54) is 0 Å². The van der Waals surface area contributed by atoms with Gasteiger partial charge in [-0.05, 0) is 12.5 Å². The first kappa shape index (κ1) is 16.4. The standard InChI is InChI=1S/C17H20ClN5O2/c18-14-10-19-3-1-15(14)22-4-6-23(7-5-22)17(24)13-9-20-21-16(13)12-2-8-25-11-12/h1,3,9-10,12H,2,4-8,11H2,(H,20,21). The third-order valence-corrected chi connectivity index (χ3v) is 5.19. The molecule has 7 nitrogen and oxygen atoms in total. The molecule has 1 amide bonds. The zero-order valence-corrected chi connectivity index (χ0v) is 14.6. The summed E-state index contributed by atoms with van der Waals surface area (Å²) in [7, 11) is 0. The molecule has 2 aromatic rings. The maximum absolute atomic E-state index is 12.9. The molecule has 8 heteroatoms. The number of hydrogen-bond donors (Lipinski definition) is 1. The summed E-state index contributed by atoms with van der Waals surface area (Å²) in [5, 5.41) is 7.73. The molecule has 132 valence electrons. The van der Waals surface area contributed by atoms with Crippen molar-refractivity contribution in [2.24, 2.45) is 0 Å². The Morgan fingerprint density at radius 3 is 2.84 bits per heavy atom. The molecule has 2 aliphatic rings. The Labute approximate surface area is 150 Å². The zero-order chi connectivity index (χ0) is 17.2. The number of anilines is 1. The number of aromatic nitrogens is 3. The van der Waals surface area contributed by atoms with Crippen LogP contribution in [-0.2, 0) is 4.74 Å². The Morgan fingerprint density at radius 1 is 1.28 bits per heavy atom. The van der Waals surface area contributed by atoms with E-state index in [4.69, 9.17) is 16.3 Å². The summed E-state index contributed by atoms with van der Waals surface area (Å²) < 4.78 is 5.44. The highest BCUT2D eigenvalue weighted by molar-refractivity contribution is 6.33. The quantitative estimate of drug-likeness (QED) is 0.904. The van der Waals surface area contributed by atoms with E-state index in [0.29, 0.717) is 30.3 Å². The van der Waals surface area contributed by atoms with E-state index in [2.05, 4.69) is 20.1 Å². The van der Waals surface area contributed by atoms with E-state index in [0.717, 1.165) is 37.5 Å². The number of nitrogens with one attached hydrogen (secondary N) is 1. The van der Waals surface area contributed by atoms with Crippen molar-refractivity contribution in [3.05, 3.63) is 40.9 Å². The van der Waals surface area contributed by atoms with Crippen molar-refractivity contribution in [1.29, 1.82) is 0 Å². The number of pyridine rings is 1. The third-order valence-electron chi connectivity index (χ3n) is 4.90. The molecule has 4 heterocycles. The van der Waals surface area contributed by atoms with Crippen LogP contribution in [0.3, 0.4) is 0 Å².